The molecule has 2 aliphatic heterocycles. The third-order valence-corrected chi connectivity index (χ3v) is 5.60. The summed E-state index contributed by atoms with van der Waals surface area (Å²) >= 11 is 0. The molecule has 1 atom stereocenters. The number of likely N-dealkylation sites (tertiary alicyclic amines) is 1. The number of para-hydroxylation sites is 2. The smallest absolute Gasteiger partial charge is 0.249 e. The fourth-order valence-corrected chi connectivity index (χ4v) is 4.14. The third kappa shape index (κ3) is 3.73. The van der Waals surface area contributed by atoms with Gasteiger partial charge in [-0.2, -0.15) is 0 Å². The molecule has 8 heteroatoms. The van der Waals surface area contributed by atoms with Crippen LogP contribution >= 0.6 is 0 Å². The number of aromatic nitrogens is 4. The number of ether oxygens (including phenoxy) is 1. The summed E-state index contributed by atoms with van der Waals surface area (Å²) in [6.07, 6.45) is 4.67. The molecular weight excluding hydrogens is 368 g/mol. The first-order chi connectivity index (χ1) is 14.3. The first-order valence-electron chi connectivity index (χ1n) is 10.1. The number of amides is 1. The van der Waals surface area contributed by atoms with E-state index in [1.54, 1.807) is 0 Å². The lowest BCUT2D eigenvalue weighted by Crippen LogP contribution is -2.35. The molecular formula is C21H24N6O2. The molecule has 1 aromatic carbocycles. The number of carbonyl (C=O) groups is 1. The van der Waals surface area contributed by atoms with Gasteiger partial charge in [-0.3, -0.25) is 4.79 Å². The summed E-state index contributed by atoms with van der Waals surface area (Å²) in [5.41, 5.74) is 4.13. The van der Waals surface area contributed by atoms with Gasteiger partial charge in [-0.05, 0) is 25.0 Å². The van der Waals surface area contributed by atoms with E-state index in [0.29, 0.717) is 0 Å². The van der Waals surface area contributed by atoms with Gasteiger partial charge in [-0.15, -0.1) is 0 Å². The standard InChI is InChI=1S/C21H24N6O2/c28-20(13-29-12-19-24-16-4-1-2-5-17(16)25-19)27-9-3-6-18(27)21-23-11-14-10-22-8-7-15(14)26-21/h1-2,4-5,11,18,22H,3,6-10,12-13H2,(H,24,25)/t18-/m0/s1. The van der Waals surface area contributed by atoms with E-state index in [1.807, 2.05) is 35.4 Å². The molecule has 1 saturated heterocycles. The monoisotopic (exact) mass is 392 g/mol. The molecule has 2 aliphatic rings. The van der Waals surface area contributed by atoms with Crippen LogP contribution < -0.4 is 5.32 Å². The van der Waals surface area contributed by atoms with Crippen molar-refractivity contribution in [3.63, 3.8) is 0 Å². The summed E-state index contributed by atoms with van der Waals surface area (Å²) in [5, 5.41) is 3.33. The summed E-state index contributed by atoms with van der Waals surface area (Å²) in [6, 6.07) is 7.77. The highest BCUT2D eigenvalue weighted by Gasteiger charge is 2.32. The quantitative estimate of drug-likeness (QED) is 0.688. The van der Waals surface area contributed by atoms with E-state index >= 15 is 0 Å². The summed E-state index contributed by atoms with van der Waals surface area (Å²) in [4.78, 5) is 31.7. The lowest BCUT2D eigenvalue weighted by atomic mass is 10.1. The number of imidazole rings is 1. The summed E-state index contributed by atoms with van der Waals surface area (Å²) in [6.45, 7) is 2.79. The number of carbonyl (C=O) groups excluding carboxylic acids is 1. The molecule has 0 spiro atoms. The van der Waals surface area contributed by atoms with E-state index < -0.39 is 0 Å². The maximum Gasteiger partial charge on any atom is 0.249 e. The molecule has 5 rings (SSSR count). The van der Waals surface area contributed by atoms with Crippen molar-refractivity contribution in [1.82, 2.24) is 30.2 Å². The normalized spacial score (nSPS) is 18.9. The van der Waals surface area contributed by atoms with Gasteiger partial charge in [-0.1, -0.05) is 12.1 Å². The molecule has 1 fully saturated rings. The van der Waals surface area contributed by atoms with Gasteiger partial charge in [0.2, 0.25) is 5.91 Å². The maximum atomic E-state index is 12.8. The van der Waals surface area contributed by atoms with Crippen LogP contribution in [0.1, 0.15) is 41.8 Å². The van der Waals surface area contributed by atoms with Crippen LogP contribution in [0.4, 0.5) is 0 Å². The highest BCUT2D eigenvalue weighted by atomic mass is 16.5. The largest absolute Gasteiger partial charge is 0.364 e. The zero-order chi connectivity index (χ0) is 19.6. The van der Waals surface area contributed by atoms with Gasteiger partial charge in [-0.25, -0.2) is 15.0 Å². The molecule has 2 N–H and O–H groups in total. The molecule has 2 aromatic heterocycles. The molecule has 0 aliphatic carbocycles. The Morgan fingerprint density at radius 2 is 2.21 bits per heavy atom. The van der Waals surface area contributed by atoms with Crippen LogP contribution in [-0.4, -0.2) is 50.4 Å². The van der Waals surface area contributed by atoms with E-state index in [0.717, 1.165) is 72.8 Å². The van der Waals surface area contributed by atoms with Gasteiger partial charge in [0.1, 0.15) is 19.0 Å². The van der Waals surface area contributed by atoms with Gasteiger partial charge >= 0.3 is 0 Å². The molecule has 1 amide bonds. The van der Waals surface area contributed by atoms with Gasteiger partial charge in [0.15, 0.2) is 5.82 Å². The van der Waals surface area contributed by atoms with Gasteiger partial charge < -0.3 is 19.9 Å². The Morgan fingerprint density at radius 1 is 1.28 bits per heavy atom. The Hall–Kier alpha value is -2.84. The fraction of sp³-hybridized carbons (Fsp3) is 0.429. The van der Waals surface area contributed by atoms with Crippen molar-refractivity contribution in [2.45, 2.75) is 38.5 Å². The van der Waals surface area contributed by atoms with Crippen LogP contribution in [-0.2, 0) is 29.1 Å². The zero-order valence-corrected chi connectivity index (χ0v) is 16.2. The number of nitrogens with zero attached hydrogens (tertiary/aromatic N) is 4. The molecule has 3 aromatic rings. The summed E-state index contributed by atoms with van der Waals surface area (Å²) < 4.78 is 5.66. The number of hydrogen-bond donors (Lipinski definition) is 2. The van der Waals surface area contributed by atoms with E-state index in [2.05, 4.69) is 20.3 Å². The molecule has 8 nitrogen and oxygen atoms in total. The number of rotatable bonds is 5. The predicted molar refractivity (Wildman–Crippen MR) is 107 cm³/mol. The molecule has 4 heterocycles. The molecule has 0 unspecified atom stereocenters. The van der Waals surface area contributed by atoms with Crippen molar-refractivity contribution < 1.29 is 9.53 Å². The van der Waals surface area contributed by atoms with Crippen molar-refractivity contribution in [3.8, 4) is 0 Å². The third-order valence-electron chi connectivity index (χ3n) is 5.60. The molecule has 29 heavy (non-hydrogen) atoms. The van der Waals surface area contributed by atoms with Crippen molar-refractivity contribution in [1.29, 1.82) is 0 Å². The van der Waals surface area contributed by atoms with E-state index in [9.17, 15) is 4.79 Å². The van der Waals surface area contributed by atoms with Crippen LogP contribution in [0.3, 0.4) is 0 Å². The minimum absolute atomic E-state index is 0.0217. The Labute approximate surface area is 168 Å². The number of benzene rings is 1. The lowest BCUT2D eigenvalue weighted by molar-refractivity contribution is -0.137. The molecule has 150 valence electrons. The number of fused-ring (bicyclic) bond motifs is 2. The highest BCUT2D eigenvalue weighted by Crippen LogP contribution is 2.30. The van der Waals surface area contributed by atoms with Crippen LogP contribution in [0.15, 0.2) is 30.5 Å². The first kappa shape index (κ1) is 18.2. The van der Waals surface area contributed by atoms with Crippen molar-refractivity contribution in [2.24, 2.45) is 0 Å². The lowest BCUT2D eigenvalue weighted by Gasteiger charge is -2.25. The fourth-order valence-electron chi connectivity index (χ4n) is 4.14. The summed E-state index contributed by atoms with van der Waals surface area (Å²) in [7, 11) is 0. The Balaban J connectivity index is 1.22. The SMILES string of the molecule is O=C(COCc1nc2ccccc2[nH]1)N1CCC[C@H]1c1ncc2c(n1)CCNC2. The second-order valence-electron chi connectivity index (χ2n) is 7.57. The molecule has 0 bridgehead atoms. The average molecular weight is 392 g/mol. The van der Waals surface area contributed by atoms with Gasteiger partial charge in [0.25, 0.3) is 0 Å². The van der Waals surface area contributed by atoms with Crippen molar-refractivity contribution in [2.75, 3.05) is 19.7 Å². The van der Waals surface area contributed by atoms with Crippen LogP contribution in [0.2, 0.25) is 0 Å². The van der Waals surface area contributed by atoms with Gasteiger partial charge in [0.05, 0.1) is 17.1 Å². The Bertz CT molecular complexity index is 1000. The van der Waals surface area contributed by atoms with Crippen LogP contribution in [0, 0.1) is 0 Å². The molecule has 0 saturated carbocycles. The minimum Gasteiger partial charge on any atom is -0.364 e. The average Bonchev–Trinajstić information content (AvgIpc) is 3.40. The molecule has 0 radical (unpaired) electrons. The zero-order valence-electron chi connectivity index (χ0n) is 16.2. The van der Waals surface area contributed by atoms with Crippen molar-refractivity contribution in [3.05, 3.63) is 53.4 Å². The highest BCUT2D eigenvalue weighted by molar-refractivity contribution is 5.78. The number of aromatic amines is 1. The number of nitrogens with one attached hydrogen (secondary N) is 2. The van der Waals surface area contributed by atoms with Crippen molar-refractivity contribution >= 4 is 16.9 Å². The topological polar surface area (TPSA) is 96.0 Å². The predicted octanol–water partition coefficient (Wildman–Crippen LogP) is 1.88. The summed E-state index contributed by atoms with van der Waals surface area (Å²) in [5.74, 6) is 1.46. The van der Waals surface area contributed by atoms with E-state index in [4.69, 9.17) is 9.72 Å². The first-order valence-corrected chi connectivity index (χ1v) is 10.1. The van der Waals surface area contributed by atoms with Gasteiger partial charge in [0, 0.05) is 43.5 Å². The van der Waals surface area contributed by atoms with E-state index in [1.165, 1.54) is 0 Å². The number of hydrogen-bond acceptors (Lipinski definition) is 6. The Morgan fingerprint density at radius 3 is 3.14 bits per heavy atom. The van der Waals surface area contributed by atoms with Crippen LogP contribution in [0.5, 0.6) is 0 Å². The van der Waals surface area contributed by atoms with E-state index in [-0.39, 0.29) is 25.2 Å². The second kappa shape index (κ2) is 7.88. The maximum absolute atomic E-state index is 12.8. The number of H-pyrrole nitrogens is 1. The van der Waals surface area contributed by atoms with Crippen LogP contribution in [0.25, 0.3) is 11.0 Å². The Kier molecular flexibility index (Phi) is 4.95. The minimum atomic E-state index is -0.0579. The second-order valence-corrected chi connectivity index (χ2v) is 7.57.